The Kier molecular flexibility index (Phi) is 3.31. The number of nitrogens with one attached hydrogen (secondary N) is 1. The van der Waals surface area contributed by atoms with Crippen LogP contribution in [0.15, 0.2) is 39.5 Å². The normalized spacial score (nSPS) is 10.9. The number of benzene rings is 1. The molecule has 1 aromatic carbocycles. The standard InChI is InChI=1S/C14H13N3O4/c1-9-8-10(16-15-9)13(18)20-7-6-17-11-4-2-3-5-12(11)21-14(17)19/h2-5,8H,6-7H2,1H3,(H,15,16). The van der Waals surface area contributed by atoms with E-state index >= 15 is 0 Å². The van der Waals surface area contributed by atoms with Crippen LogP contribution in [0.3, 0.4) is 0 Å². The number of ether oxygens (including phenoxy) is 1. The van der Waals surface area contributed by atoms with Crippen molar-refractivity contribution >= 4 is 17.1 Å². The summed E-state index contributed by atoms with van der Waals surface area (Å²) in [5, 5.41) is 6.48. The SMILES string of the molecule is Cc1cc(C(=O)OCCn2c(=O)oc3ccccc32)n[nH]1. The average Bonchev–Trinajstić information content (AvgIpc) is 3.03. The lowest BCUT2D eigenvalue weighted by Gasteiger charge is -2.03. The Hall–Kier alpha value is -2.83. The highest BCUT2D eigenvalue weighted by atomic mass is 16.5. The predicted octanol–water partition coefficient (Wildman–Crippen LogP) is 1.48. The van der Waals surface area contributed by atoms with Crippen molar-refractivity contribution < 1.29 is 13.9 Å². The van der Waals surface area contributed by atoms with E-state index in [-0.39, 0.29) is 18.8 Å². The highest BCUT2D eigenvalue weighted by molar-refractivity contribution is 5.87. The van der Waals surface area contributed by atoms with Crippen LogP contribution in [0.25, 0.3) is 11.1 Å². The molecule has 0 aliphatic carbocycles. The van der Waals surface area contributed by atoms with Crippen LogP contribution in [0.2, 0.25) is 0 Å². The minimum Gasteiger partial charge on any atom is -0.459 e. The molecular weight excluding hydrogens is 274 g/mol. The van der Waals surface area contributed by atoms with Crippen molar-refractivity contribution in [3.8, 4) is 0 Å². The first-order valence-electron chi connectivity index (χ1n) is 6.42. The molecule has 2 aromatic heterocycles. The van der Waals surface area contributed by atoms with Crippen molar-refractivity contribution in [2.24, 2.45) is 0 Å². The molecular formula is C14H13N3O4. The van der Waals surface area contributed by atoms with E-state index < -0.39 is 11.7 Å². The van der Waals surface area contributed by atoms with Gasteiger partial charge in [0.1, 0.15) is 6.61 Å². The van der Waals surface area contributed by atoms with Gasteiger partial charge in [-0.05, 0) is 25.1 Å². The van der Waals surface area contributed by atoms with Gasteiger partial charge in [0.15, 0.2) is 11.3 Å². The molecule has 0 atom stereocenters. The molecule has 0 aliphatic rings. The van der Waals surface area contributed by atoms with E-state index in [1.165, 1.54) is 4.57 Å². The predicted molar refractivity (Wildman–Crippen MR) is 74.1 cm³/mol. The lowest BCUT2D eigenvalue weighted by atomic mass is 10.3. The summed E-state index contributed by atoms with van der Waals surface area (Å²) in [4.78, 5) is 23.4. The first-order valence-corrected chi connectivity index (χ1v) is 6.42. The number of oxazole rings is 1. The minimum atomic E-state index is -0.528. The zero-order chi connectivity index (χ0) is 14.8. The number of H-pyrrole nitrogens is 1. The van der Waals surface area contributed by atoms with E-state index in [9.17, 15) is 9.59 Å². The molecule has 0 spiro atoms. The molecule has 7 heteroatoms. The van der Waals surface area contributed by atoms with Crippen LogP contribution in [-0.4, -0.2) is 27.3 Å². The molecule has 3 aromatic rings. The van der Waals surface area contributed by atoms with Crippen molar-refractivity contribution in [2.45, 2.75) is 13.5 Å². The van der Waals surface area contributed by atoms with Gasteiger partial charge in [-0.1, -0.05) is 12.1 Å². The number of carbonyl (C=O) groups excluding carboxylic acids is 1. The lowest BCUT2D eigenvalue weighted by Crippen LogP contribution is -2.19. The Morgan fingerprint density at radius 1 is 1.43 bits per heavy atom. The molecule has 2 heterocycles. The largest absolute Gasteiger partial charge is 0.459 e. The molecule has 0 saturated carbocycles. The maximum absolute atomic E-state index is 11.7. The van der Waals surface area contributed by atoms with Gasteiger partial charge in [0.25, 0.3) is 0 Å². The highest BCUT2D eigenvalue weighted by Crippen LogP contribution is 2.11. The van der Waals surface area contributed by atoms with Crippen molar-refractivity contribution in [2.75, 3.05) is 6.61 Å². The zero-order valence-electron chi connectivity index (χ0n) is 11.3. The van der Waals surface area contributed by atoms with Crippen LogP contribution in [0.4, 0.5) is 0 Å². The van der Waals surface area contributed by atoms with Gasteiger partial charge in [-0.25, -0.2) is 9.59 Å². The Balaban J connectivity index is 1.68. The molecule has 0 aliphatic heterocycles. The maximum Gasteiger partial charge on any atom is 0.420 e. The van der Waals surface area contributed by atoms with Gasteiger partial charge < -0.3 is 9.15 Å². The van der Waals surface area contributed by atoms with Crippen LogP contribution in [0.1, 0.15) is 16.2 Å². The topological polar surface area (TPSA) is 90.1 Å². The first kappa shape index (κ1) is 13.2. The number of nitrogens with zero attached hydrogens (tertiary/aromatic N) is 2. The fourth-order valence-electron chi connectivity index (χ4n) is 2.05. The monoisotopic (exact) mass is 287 g/mol. The Labute approximate surface area is 119 Å². The summed E-state index contributed by atoms with van der Waals surface area (Å²) < 4.78 is 11.6. The molecule has 3 rings (SSSR count). The summed E-state index contributed by atoms with van der Waals surface area (Å²) in [5.74, 6) is -0.997. The fraction of sp³-hybridized carbons (Fsp3) is 0.214. The fourth-order valence-corrected chi connectivity index (χ4v) is 2.05. The summed E-state index contributed by atoms with van der Waals surface area (Å²) in [6.07, 6.45) is 0. The molecule has 0 amide bonds. The zero-order valence-corrected chi connectivity index (χ0v) is 11.3. The van der Waals surface area contributed by atoms with Crippen molar-refractivity contribution in [1.29, 1.82) is 0 Å². The number of esters is 1. The van der Waals surface area contributed by atoms with Gasteiger partial charge in [0, 0.05) is 5.69 Å². The van der Waals surface area contributed by atoms with Crippen molar-refractivity contribution in [3.63, 3.8) is 0 Å². The second-order valence-electron chi connectivity index (χ2n) is 4.56. The minimum absolute atomic E-state index is 0.0637. The van der Waals surface area contributed by atoms with E-state index in [0.29, 0.717) is 11.1 Å². The third-order valence-electron chi connectivity index (χ3n) is 3.04. The molecule has 0 bridgehead atoms. The Morgan fingerprint density at radius 2 is 2.24 bits per heavy atom. The third-order valence-corrected chi connectivity index (χ3v) is 3.04. The van der Waals surface area contributed by atoms with Gasteiger partial charge in [0.05, 0.1) is 12.1 Å². The molecule has 21 heavy (non-hydrogen) atoms. The van der Waals surface area contributed by atoms with Gasteiger partial charge in [-0.2, -0.15) is 5.10 Å². The number of hydrogen-bond acceptors (Lipinski definition) is 5. The van der Waals surface area contributed by atoms with E-state index in [4.69, 9.17) is 9.15 Å². The molecule has 108 valence electrons. The molecule has 0 unspecified atom stereocenters. The summed E-state index contributed by atoms with van der Waals surface area (Å²) in [5.41, 5.74) is 2.18. The highest BCUT2D eigenvalue weighted by Gasteiger charge is 2.12. The lowest BCUT2D eigenvalue weighted by molar-refractivity contribution is 0.0483. The van der Waals surface area contributed by atoms with Crippen LogP contribution in [0.5, 0.6) is 0 Å². The van der Waals surface area contributed by atoms with Gasteiger partial charge in [-0.3, -0.25) is 9.67 Å². The number of aromatic amines is 1. The van der Waals surface area contributed by atoms with Crippen LogP contribution < -0.4 is 5.76 Å². The van der Waals surface area contributed by atoms with Crippen molar-refractivity contribution in [3.05, 3.63) is 52.3 Å². The quantitative estimate of drug-likeness (QED) is 0.734. The van der Waals surface area contributed by atoms with Crippen LogP contribution in [-0.2, 0) is 11.3 Å². The van der Waals surface area contributed by atoms with E-state index in [1.807, 2.05) is 6.07 Å². The second kappa shape index (κ2) is 5.28. The number of rotatable bonds is 4. The number of hydrogen-bond donors (Lipinski definition) is 1. The Morgan fingerprint density at radius 3 is 3.00 bits per heavy atom. The van der Waals surface area contributed by atoms with E-state index in [1.54, 1.807) is 31.2 Å². The van der Waals surface area contributed by atoms with Gasteiger partial charge in [0.2, 0.25) is 0 Å². The van der Waals surface area contributed by atoms with Crippen molar-refractivity contribution in [1.82, 2.24) is 14.8 Å². The summed E-state index contributed by atoms with van der Waals surface area (Å²) >= 11 is 0. The number of para-hydroxylation sites is 2. The number of fused-ring (bicyclic) bond motifs is 1. The van der Waals surface area contributed by atoms with E-state index in [2.05, 4.69) is 10.2 Å². The molecule has 0 saturated heterocycles. The maximum atomic E-state index is 11.7. The number of carbonyl (C=O) groups is 1. The average molecular weight is 287 g/mol. The number of aromatic nitrogens is 3. The summed E-state index contributed by atoms with van der Waals surface area (Å²) in [6.45, 7) is 2.08. The Bertz CT molecular complexity index is 843. The molecule has 0 fully saturated rings. The summed E-state index contributed by atoms with van der Waals surface area (Å²) in [6, 6.07) is 8.69. The smallest absolute Gasteiger partial charge is 0.420 e. The molecule has 0 radical (unpaired) electrons. The van der Waals surface area contributed by atoms with Gasteiger partial charge in [-0.15, -0.1) is 0 Å². The molecule has 7 nitrogen and oxygen atoms in total. The first-order chi connectivity index (χ1) is 10.1. The van der Waals surface area contributed by atoms with Gasteiger partial charge >= 0.3 is 11.7 Å². The third kappa shape index (κ3) is 2.58. The van der Waals surface area contributed by atoms with Crippen LogP contribution >= 0.6 is 0 Å². The molecule has 1 N–H and O–H groups in total. The number of aryl methyl sites for hydroxylation is 1. The van der Waals surface area contributed by atoms with E-state index in [0.717, 1.165) is 5.69 Å². The van der Waals surface area contributed by atoms with Crippen LogP contribution in [0, 0.1) is 6.92 Å². The second-order valence-corrected chi connectivity index (χ2v) is 4.56. The summed E-state index contributed by atoms with van der Waals surface area (Å²) in [7, 11) is 0.